The van der Waals surface area contributed by atoms with Crippen molar-refractivity contribution in [2.24, 2.45) is 10.2 Å². The number of hydrogen-bond donors (Lipinski definition) is 1. The van der Waals surface area contributed by atoms with Gasteiger partial charge in [0.05, 0.1) is 11.1 Å². The fourth-order valence-electron chi connectivity index (χ4n) is 3.23. The van der Waals surface area contributed by atoms with E-state index in [2.05, 4.69) is 27.3 Å². The molecule has 0 aliphatic carbocycles. The maximum absolute atomic E-state index is 12.3. The summed E-state index contributed by atoms with van der Waals surface area (Å²) in [4.78, 5) is 16.4. The van der Waals surface area contributed by atoms with E-state index in [-0.39, 0.29) is 5.88 Å². The highest BCUT2D eigenvalue weighted by atomic mass is 16.3. The van der Waals surface area contributed by atoms with E-state index in [1.165, 1.54) is 11.8 Å². The molecule has 2 heterocycles. The van der Waals surface area contributed by atoms with E-state index in [0.29, 0.717) is 17.8 Å². The normalized spacial score (nSPS) is 11.3. The van der Waals surface area contributed by atoms with Gasteiger partial charge >= 0.3 is 0 Å². The molecule has 0 aliphatic heterocycles. The minimum atomic E-state index is -0.502. The number of nitrogens with zero attached hydrogens (tertiary/aromatic N) is 4. The molecule has 0 aliphatic rings. The van der Waals surface area contributed by atoms with E-state index in [4.69, 9.17) is 0 Å². The van der Waals surface area contributed by atoms with Crippen LogP contribution < -0.4 is 0 Å². The Balaban J connectivity index is 1.65. The lowest BCUT2D eigenvalue weighted by Gasteiger charge is -2.07. The van der Waals surface area contributed by atoms with Gasteiger partial charge in [-0.25, -0.2) is 0 Å². The van der Waals surface area contributed by atoms with Crippen LogP contribution in [-0.4, -0.2) is 20.6 Å². The van der Waals surface area contributed by atoms with Crippen molar-refractivity contribution < 1.29 is 9.90 Å². The summed E-state index contributed by atoms with van der Waals surface area (Å²) < 4.78 is 1.80. The zero-order valence-electron chi connectivity index (χ0n) is 16.0. The van der Waals surface area contributed by atoms with E-state index in [1.54, 1.807) is 16.7 Å². The molecule has 0 fully saturated rings. The molecule has 2 aromatic carbocycles. The van der Waals surface area contributed by atoms with Crippen molar-refractivity contribution in [3.8, 4) is 5.88 Å². The fourth-order valence-corrected chi connectivity index (χ4v) is 3.23. The van der Waals surface area contributed by atoms with Crippen LogP contribution in [-0.2, 0) is 13.0 Å². The highest BCUT2D eigenvalue weighted by Crippen LogP contribution is 2.39. The van der Waals surface area contributed by atoms with Gasteiger partial charge in [0.25, 0.3) is 5.91 Å². The number of pyridine rings is 1. The first-order chi connectivity index (χ1) is 14.1. The van der Waals surface area contributed by atoms with Gasteiger partial charge in [-0.3, -0.25) is 9.78 Å². The van der Waals surface area contributed by atoms with Gasteiger partial charge in [-0.05, 0) is 37.1 Å². The zero-order valence-corrected chi connectivity index (χ0v) is 16.0. The smallest absolute Gasteiger partial charge is 0.296 e. The molecule has 0 unspecified atom stereocenters. The molecule has 6 heteroatoms. The monoisotopic (exact) mass is 384 g/mol. The molecule has 144 valence electrons. The van der Waals surface area contributed by atoms with Gasteiger partial charge in [-0.2, -0.15) is 0 Å². The van der Waals surface area contributed by atoms with Crippen LogP contribution in [0.5, 0.6) is 5.88 Å². The molecule has 0 atom stereocenters. The molecule has 0 radical (unpaired) electrons. The lowest BCUT2D eigenvalue weighted by Crippen LogP contribution is -2.00. The maximum Gasteiger partial charge on any atom is 0.296 e. The maximum atomic E-state index is 12.3. The standard InChI is InChI=1S/C23H20N4O2/c1-16-11-12-18(15-24-16)22(28)26-25-21-19-9-5-6-10-20(19)27(23(21)29)14-13-17-7-3-2-4-8-17/h2-12,15,29H,13-14H2,1H3. The predicted molar refractivity (Wildman–Crippen MR) is 112 cm³/mol. The van der Waals surface area contributed by atoms with E-state index in [9.17, 15) is 9.90 Å². The fraction of sp³-hybridized carbons (Fsp3) is 0.130. The number of aryl methyl sites for hydroxylation is 3. The average molecular weight is 384 g/mol. The number of fused-ring (bicyclic) bond motifs is 1. The van der Waals surface area contributed by atoms with Gasteiger partial charge < -0.3 is 9.67 Å². The minimum absolute atomic E-state index is 0.000659. The Kier molecular flexibility index (Phi) is 5.16. The lowest BCUT2D eigenvalue weighted by molar-refractivity contribution is 0.0994. The summed E-state index contributed by atoms with van der Waals surface area (Å²) in [6.07, 6.45) is 2.23. The van der Waals surface area contributed by atoms with E-state index >= 15 is 0 Å². The summed E-state index contributed by atoms with van der Waals surface area (Å²) >= 11 is 0. The SMILES string of the molecule is Cc1ccc(C(=O)N=Nc2c(O)n(CCc3ccccc3)c3ccccc23)cn1. The van der Waals surface area contributed by atoms with Crippen molar-refractivity contribution in [3.05, 3.63) is 89.7 Å². The predicted octanol–water partition coefficient (Wildman–Crippen LogP) is 5.22. The van der Waals surface area contributed by atoms with Crippen LogP contribution in [0.2, 0.25) is 0 Å². The summed E-state index contributed by atoms with van der Waals surface area (Å²) in [5, 5.41) is 19.4. The molecular weight excluding hydrogens is 364 g/mol. The number of carbonyl (C=O) groups excluding carboxylic acids is 1. The van der Waals surface area contributed by atoms with E-state index in [1.807, 2.05) is 49.4 Å². The van der Waals surface area contributed by atoms with Crippen LogP contribution in [0.1, 0.15) is 21.6 Å². The van der Waals surface area contributed by atoms with Crippen molar-refractivity contribution in [3.63, 3.8) is 0 Å². The summed E-state index contributed by atoms with van der Waals surface area (Å²) in [6.45, 7) is 2.43. The van der Waals surface area contributed by atoms with Crippen LogP contribution in [0.3, 0.4) is 0 Å². The van der Waals surface area contributed by atoms with E-state index < -0.39 is 5.91 Å². The van der Waals surface area contributed by atoms with Crippen molar-refractivity contribution in [1.82, 2.24) is 9.55 Å². The van der Waals surface area contributed by atoms with Gasteiger partial charge in [0.2, 0.25) is 5.88 Å². The molecule has 0 saturated heterocycles. The Morgan fingerprint density at radius 2 is 1.79 bits per heavy atom. The molecule has 2 aromatic heterocycles. The third-order valence-corrected chi connectivity index (χ3v) is 4.78. The van der Waals surface area contributed by atoms with Crippen molar-refractivity contribution >= 4 is 22.5 Å². The number of carbonyl (C=O) groups is 1. The number of benzene rings is 2. The van der Waals surface area contributed by atoms with Crippen LogP contribution in [0.4, 0.5) is 5.69 Å². The summed E-state index contributed by atoms with van der Waals surface area (Å²) in [5.74, 6) is -0.501. The largest absolute Gasteiger partial charge is 0.493 e. The van der Waals surface area contributed by atoms with Gasteiger partial charge in [-0.15, -0.1) is 10.2 Å². The molecule has 1 N–H and O–H groups in total. The third kappa shape index (κ3) is 3.91. The van der Waals surface area contributed by atoms with Crippen molar-refractivity contribution in [2.45, 2.75) is 19.9 Å². The molecular formula is C23H20N4O2. The van der Waals surface area contributed by atoms with Gasteiger partial charge in [-0.1, -0.05) is 48.5 Å². The summed E-state index contributed by atoms with van der Waals surface area (Å²) in [6, 6.07) is 21.0. The number of aromatic hydroxyl groups is 1. The number of hydrogen-bond acceptors (Lipinski definition) is 4. The van der Waals surface area contributed by atoms with Gasteiger partial charge in [0, 0.05) is 23.8 Å². The summed E-state index contributed by atoms with van der Waals surface area (Å²) in [5.41, 5.74) is 3.49. The Morgan fingerprint density at radius 1 is 1.03 bits per heavy atom. The summed E-state index contributed by atoms with van der Waals surface area (Å²) in [7, 11) is 0. The van der Waals surface area contributed by atoms with Crippen LogP contribution in [0.25, 0.3) is 10.9 Å². The highest BCUT2D eigenvalue weighted by molar-refractivity contribution is 5.97. The minimum Gasteiger partial charge on any atom is -0.493 e. The molecule has 4 rings (SSSR count). The van der Waals surface area contributed by atoms with Crippen molar-refractivity contribution in [1.29, 1.82) is 0 Å². The first-order valence-electron chi connectivity index (χ1n) is 9.36. The molecule has 1 amide bonds. The van der Waals surface area contributed by atoms with Crippen LogP contribution >= 0.6 is 0 Å². The van der Waals surface area contributed by atoms with Crippen LogP contribution in [0, 0.1) is 6.92 Å². The highest BCUT2D eigenvalue weighted by Gasteiger charge is 2.17. The number of amides is 1. The Morgan fingerprint density at radius 3 is 2.55 bits per heavy atom. The number of aromatic nitrogens is 2. The molecule has 0 bridgehead atoms. The van der Waals surface area contributed by atoms with Crippen molar-refractivity contribution in [2.75, 3.05) is 0 Å². The first kappa shape index (κ1) is 18.6. The third-order valence-electron chi connectivity index (χ3n) is 4.78. The number of para-hydroxylation sites is 1. The average Bonchev–Trinajstić information content (AvgIpc) is 3.02. The van der Waals surface area contributed by atoms with Gasteiger partial charge in [0.1, 0.15) is 0 Å². The Hall–Kier alpha value is -3.80. The Labute approximate surface area is 168 Å². The second-order valence-electron chi connectivity index (χ2n) is 6.77. The number of rotatable bonds is 5. The molecule has 29 heavy (non-hydrogen) atoms. The van der Waals surface area contributed by atoms with Crippen LogP contribution in [0.15, 0.2) is 83.2 Å². The van der Waals surface area contributed by atoms with E-state index in [0.717, 1.165) is 23.0 Å². The quantitative estimate of drug-likeness (QED) is 0.479. The van der Waals surface area contributed by atoms with Gasteiger partial charge in [0.15, 0.2) is 5.69 Å². The molecule has 6 nitrogen and oxygen atoms in total. The zero-order chi connectivity index (χ0) is 20.2. The second-order valence-corrected chi connectivity index (χ2v) is 6.77. The molecule has 0 spiro atoms. The number of azo groups is 1. The topological polar surface area (TPSA) is 79.8 Å². The first-order valence-corrected chi connectivity index (χ1v) is 9.36. The lowest BCUT2D eigenvalue weighted by atomic mass is 10.1. The molecule has 0 saturated carbocycles. The Bertz CT molecular complexity index is 1180. The second kappa shape index (κ2) is 8.06. The molecule has 4 aromatic rings.